The second-order valence-electron chi connectivity index (χ2n) is 5.53. The number of nitrogens with one attached hydrogen (secondary N) is 2. The van der Waals surface area contributed by atoms with Gasteiger partial charge in [-0.2, -0.15) is 0 Å². The summed E-state index contributed by atoms with van der Waals surface area (Å²) < 4.78 is 0. The van der Waals surface area contributed by atoms with Crippen molar-refractivity contribution in [2.75, 3.05) is 5.32 Å². The zero-order chi connectivity index (χ0) is 16.3. The molecule has 1 aromatic carbocycles. The summed E-state index contributed by atoms with van der Waals surface area (Å²) in [5.74, 6) is 0.489. The molecule has 0 aliphatic heterocycles. The number of hydrogen-bond acceptors (Lipinski definition) is 3. The van der Waals surface area contributed by atoms with Gasteiger partial charge in [-0.25, -0.2) is 4.98 Å². The smallest absolute Gasteiger partial charge is 0.254 e. The number of anilines is 1. The van der Waals surface area contributed by atoms with E-state index in [0.29, 0.717) is 23.5 Å². The van der Waals surface area contributed by atoms with E-state index in [1.807, 2.05) is 32.0 Å². The summed E-state index contributed by atoms with van der Waals surface area (Å²) in [5.41, 5.74) is 3.99. The van der Waals surface area contributed by atoms with Gasteiger partial charge in [-0.1, -0.05) is 18.2 Å². The highest BCUT2D eigenvalue weighted by Gasteiger charge is 2.11. The molecule has 1 amide bonds. The maximum Gasteiger partial charge on any atom is 0.254 e. The Morgan fingerprint density at radius 1 is 1.18 bits per heavy atom. The van der Waals surface area contributed by atoms with Crippen molar-refractivity contribution in [3.8, 4) is 0 Å². The summed E-state index contributed by atoms with van der Waals surface area (Å²) in [6.45, 7) is 7.45. The Morgan fingerprint density at radius 2 is 1.82 bits per heavy atom. The molecule has 0 saturated heterocycles. The SMILES string of the molecule is Cc1nc(C)c(CCC(=O)Nc2c(C)cccc2C)c(=O)[nH]1. The highest BCUT2D eigenvalue weighted by atomic mass is 16.1. The molecule has 0 fully saturated rings. The van der Waals surface area contributed by atoms with Gasteiger partial charge in [-0.15, -0.1) is 0 Å². The number of carbonyl (C=O) groups excluding carboxylic acids is 1. The van der Waals surface area contributed by atoms with Crippen molar-refractivity contribution in [1.29, 1.82) is 0 Å². The number of H-pyrrole nitrogens is 1. The molecular formula is C17H21N3O2. The van der Waals surface area contributed by atoms with E-state index in [-0.39, 0.29) is 17.9 Å². The molecule has 0 saturated carbocycles. The first-order chi connectivity index (χ1) is 10.4. The highest BCUT2D eigenvalue weighted by molar-refractivity contribution is 5.92. The van der Waals surface area contributed by atoms with Crippen LogP contribution in [0.4, 0.5) is 5.69 Å². The number of aromatic nitrogens is 2. The zero-order valence-electron chi connectivity index (χ0n) is 13.4. The van der Waals surface area contributed by atoms with E-state index < -0.39 is 0 Å². The van der Waals surface area contributed by atoms with Crippen LogP contribution in [0.25, 0.3) is 0 Å². The van der Waals surface area contributed by atoms with E-state index in [1.54, 1.807) is 13.8 Å². The van der Waals surface area contributed by atoms with Crippen LogP contribution in [0.5, 0.6) is 0 Å². The minimum atomic E-state index is -0.162. The predicted octanol–water partition coefficient (Wildman–Crippen LogP) is 2.57. The van der Waals surface area contributed by atoms with Crippen LogP contribution in [-0.4, -0.2) is 15.9 Å². The summed E-state index contributed by atoms with van der Waals surface area (Å²) in [4.78, 5) is 31.0. The topological polar surface area (TPSA) is 74.8 Å². The minimum Gasteiger partial charge on any atom is -0.326 e. The second kappa shape index (κ2) is 6.56. The monoisotopic (exact) mass is 299 g/mol. The largest absolute Gasteiger partial charge is 0.326 e. The molecule has 5 heteroatoms. The number of aromatic amines is 1. The Balaban J connectivity index is 2.07. The van der Waals surface area contributed by atoms with Gasteiger partial charge >= 0.3 is 0 Å². The van der Waals surface area contributed by atoms with E-state index in [1.165, 1.54) is 0 Å². The van der Waals surface area contributed by atoms with Gasteiger partial charge in [0.2, 0.25) is 5.91 Å². The first kappa shape index (κ1) is 15.9. The molecule has 2 aromatic rings. The van der Waals surface area contributed by atoms with E-state index >= 15 is 0 Å². The molecule has 0 radical (unpaired) electrons. The van der Waals surface area contributed by atoms with Gasteiger partial charge in [0.05, 0.1) is 0 Å². The molecule has 0 atom stereocenters. The van der Waals surface area contributed by atoms with Crippen LogP contribution in [0.1, 0.15) is 34.6 Å². The summed E-state index contributed by atoms with van der Waals surface area (Å²) in [6, 6.07) is 5.88. The molecule has 1 heterocycles. The number of amides is 1. The predicted molar refractivity (Wildman–Crippen MR) is 87.2 cm³/mol. The standard InChI is InChI=1S/C17H21N3O2/c1-10-6-5-7-11(2)16(10)20-15(21)9-8-14-12(3)18-13(4)19-17(14)22/h5-7H,8-9H2,1-4H3,(H,20,21)(H,18,19,22). The maximum absolute atomic E-state index is 12.1. The van der Waals surface area contributed by atoms with Crippen molar-refractivity contribution in [3.05, 3.63) is 56.8 Å². The van der Waals surface area contributed by atoms with Crippen molar-refractivity contribution in [3.63, 3.8) is 0 Å². The first-order valence-corrected chi connectivity index (χ1v) is 7.31. The summed E-state index contributed by atoms with van der Waals surface area (Å²) in [7, 11) is 0. The number of nitrogens with zero attached hydrogens (tertiary/aromatic N) is 1. The molecule has 2 rings (SSSR count). The normalized spacial score (nSPS) is 10.5. The lowest BCUT2D eigenvalue weighted by molar-refractivity contribution is -0.116. The Bertz CT molecular complexity index is 743. The Morgan fingerprint density at radius 3 is 2.41 bits per heavy atom. The quantitative estimate of drug-likeness (QED) is 0.911. The van der Waals surface area contributed by atoms with Crippen molar-refractivity contribution < 1.29 is 4.79 Å². The van der Waals surface area contributed by atoms with Crippen LogP contribution in [0, 0.1) is 27.7 Å². The summed E-state index contributed by atoms with van der Waals surface area (Å²) in [6.07, 6.45) is 0.633. The number of aryl methyl sites for hydroxylation is 4. The highest BCUT2D eigenvalue weighted by Crippen LogP contribution is 2.19. The van der Waals surface area contributed by atoms with E-state index in [9.17, 15) is 9.59 Å². The average molecular weight is 299 g/mol. The van der Waals surface area contributed by atoms with Crippen LogP contribution >= 0.6 is 0 Å². The Kier molecular flexibility index (Phi) is 4.75. The van der Waals surface area contributed by atoms with Crippen LogP contribution < -0.4 is 10.9 Å². The molecule has 0 aliphatic rings. The molecule has 0 unspecified atom stereocenters. The van der Waals surface area contributed by atoms with Crippen molar-refractivity contribution in [1.82, 2.24) is 9.97 Å². The third-order valence-electron chi connectivity index (χ3n) is 3.69. The van der Waals surface area contributed by atoms with Gasteiger partial charge in [-0.05, 0) is 45.2 Å². The molecule has 5 nitrogen and oxygen atoms in total. The molecule has 2 N–H and O–H groups in total. The van der Waals surface area contributed by atoms with Gasteiger partial charge in [0, 0.05) is 23.4 Å². The number of para-hydroxylation sites is 1. The maximum atomic E-state index is 12.1. The van der Waals surface area contributed by atoms with Crippen molar-refractivity contribution in [2.45, 2.75) is 40.5 Å². The fraction of sp³-hybridized carbons (Fsp3) is 0.353. The molecule has 1 aromatic heterocycles. The molecule has 22 heavy (non-hydrogen) atoms. The van der Waals surface area contributed by atoms with Crippen molar-refractivity contribution >= 4 is 11.6 Å². The lowest BCUT2D eigenvalue weighted by Crippen LogP contribution is -2.20. The Hall–Kier alpha value is -2.43. The number of benzene rings is 1. The first-order valence-electron chi connectivity index (χ1n) is 7.31. The zero-order valence-corrected chi connectivity index (χ0v) is 13.4. The van der Waals surface area contributed by atoms with Gasteiger partial charge in [0.1, 0.15) is 5.82 Å². The summed E-state index contributed by atoms with van der Waals surface area (Å²) >= 11 is 0. The number of rotatable bonds is 4. The van der Waals surface area contributed by atoms with Gasteiger partial charge in [0.15, 0.2) is 0 Å². The van der Waals surface area contributed by atoms with Crippen LogP contribution in [-0.2, 0) is 11.2 Å². The number of hydrogen-bond donors (Lipinski definition) is 2. The third-order valence-corrected chi connectivity index (χ3v) is 3.69. The third kappa shape index (κ3) is 3.61. The minimum absolute atomic E-state index is 0.100. The molecule has 0 aliphatic carbocycles. The molecule has 0 bridgehead atoms. The van der Waals surface area contributed by atoms with Gasteiger partial charge < -0.3 is 10.3 Å². The van der Waals surface area contributed by atoms with Crippen LogP contribution in [0.3, 0.4) is 0 Å². The Labute approximate surface area is 129 Å². The second-order valence-corrected chi connectivity index (χ2v) is 5.53. The van der Waals surface area contributed by atoms with Crippen LogP contribution in [0.2, 0.25) is 0 Å². The van der Waals surface area contributed by atoms with Gasteiger partial charge in [-0.3, -0.25) is 9.59 Å². The van der Waals surface area contributed by atoms with Crippen molar-refractivity contribution in [2.24, 2.45) is 0 Å². The van der Waals surface area contributed by atoms with Crippen LogP contribution in [0.15, 0.2) is 23.0 Å². The summed E-state index contributed by atoms with van der Waals surface area (Å²) in [5, 5.41) is 2.93. The lowest BCUT2D eigenvalue weighted by Gasteiger charge is -2.11. The molecular weight excluding hydrogens is 278 g/mol. The van der Waals surface area contributed by atoms with E-state index in [4.69, 9.17) is 0 Å². The van der Waals surface area contributed by atoms with Gasteiger partial charge in [0.25, 0.3) is 5.56 Å². The van der Waals surface area contributed by atoms with E-state index in [0.717, 1.165) is 16.8 Å². The average Bonchev–Trinajstić information content (AvgIpc) is 2.42. The van der Waals surface area contributed by atoms with E-state index in [2.05, 4.69) is 15.3 Å². The molecule has 0 spiro atoms. The number of carbonyl (C=O) groups is 1. The fourth-order valence-corrected chi connectivity index (χ4v) is 2.50. The lowest BCUT2D eigenvalue weighted by atomic mass is 10.1. The fourth-order valence-electron chi connectivity index (χ4n) is 2.50. The molecule has 116 valence electrons.